The molecule has 2 aromatic carbocycles. The molecule has 0 aromatic heterocycles. The predicted molar refractivity (Wildman–Crippen MR) is 95.4 cm³/mol. The number of hydrogen-bond donors (Lipinski definition) is 0. The quantitative estimate of drug-likeness (QED) is 0.664. The van der Waals surface area contributed by atoms with Crippen LogP contribution >= 0.6 is 11.8 Å². The molecule has 0 atom stereocenters. The van der Waals surface area contributed by atoms with Crippen molar-refractivity contribution in [3.63, 3.8) is 0 Å². The lowest BCUT2D eigenvalue weighted by Gasteiger charge is -2.25. The summed E-state index contributed by atoms with van der Waals surface area (Å²) in [6.07, 6.45) is 0. The molecule has 1 aliphatic rings. The van der Waals surface area contributed by atoms with Crippen molar-refractivity contribution in [1.29, 1.82) is 0 Å². The maximum absolute atomic E-state index is 2.34. The highest BCUT2D eigenvalue weighted by molar-refractivity contribution is 8.03. The summed E-state index contributed by atoms with van der Waals surface area (Å²) in [5, 5.41) is 0. The molecule has 3 rings (SSSR count). The molecule has 1 heteroatoms. The first-order chi connectivity index (χ1) is 9.92. The van der Waals surface area contributed by atoms with Gasteiger partial charge in [-0.15, -0.1) is 11.8 Å². The van der Waals surface area contributed by atoms with Crippen LogP contribution in [0.5, 0.6) is 0 Å². The van der Waals surface area contributed by atoms with Crippen LogP contribution in [-0.2, 0) is 0 Å². The van der Waals surface area contributed by atoms with Crippen LogP contribution in [0.2, 0.25) is 0 Å². The van der Waals surface area contributed by atoms with E-state index in [1.54, 1.807) is 0 Å². The number of thioether (sulfide) groups is 1. The zero-order valence-corrected chi connectivity index (χ0v) is 14.0. The highest BCUT2D eigenvalue weighted by Crippen LogP contribution is 2.60. The van der Waals surface area contributed by atoms with E-state index in [4.69, 9.17) is 0 Å². The largest absolute Gasteiger partial charge is 0.140 e. The van der Waals surface area contributed by atoms with Gasteiger partial charge in [0.25, 0.3) is 0 Å². The first kappa shape index (κ1) is 14.5. The summed E-state index contributed by atoms with van der Waals surface area (Å²) < 4.78 is 0.242. The van der Waals surface area contributed by atoms with E-state index in [1.165, 1.54) is 22.3 Å². The third-order valence-corrected chi connectivity index (χ3v) is 5.52. The molecule has 0 nitrogen and oxygen atoms in total. The predicted octanol–water partition coefficient (Wildman–Crippen LogP) is 5.90. The van der Waals surface area contributed by atoms with Gasteiger partial charge in [0.15, 0.2) is 0 Å². The minimum Gasteiger partial charge on any atom is -0.140 e. The molecule has 0 fully saturated rings. The van der Waals surface area contributed by atoms with Gasteiger partial charge >= 0.3 is 0 Å². The fraction of sp³-hybridized carbons (Fsp3) is 0.300. The molecule has 2 aromatic rings. The smallest absolute Gasteiger partial charge is 0.0370 e. The Morgan fingerprint density at radius 3 is 1.24 bits per heavy atom. The van der Waals surface area contributed by atoms with Crippen molar-refractivity contribution in [2.75, 3.05) is 0 Å². The van der Waals surface area contributed by atoms with E-state index >= 15 is 0 Å². The number of benzene rings is 2. The van der Waals surface area contributed by atoms with Crippen LogP contribution in [0.25, 0.3) is 11.1 Å². The SMILES string of the molecule is CC1(C)SC(C)(C)C(c2ccccc2)=C1c1ccccc1. The topological polar surface area (TPSA) is 0 Å². The van der Waals surface area contributed by atoms with Gasteiger partial charge in [-0.25, -0.2) is 0 Å². The van der Waals surface area contributed by atoms with Crippen molar-refractivity contribution in [3.8, 4) is 0 Å². The van der Waals surface area contributed by atoms with Crippen molar-refractivity contribution in [2.45, 2.75) is 37.2 Å². The van der Waals surface area contributed by atoms with Gasteiger partial charge in [0.05, 0.1) is 0 Å². The van der Waals surface area contributed by atoms with E-state index < -0.39 is 0 Å². The third-order valence-electron chi connectivity index (χ3n) is 4.09. The lowest BCUT2D eigenvalue weighted by molar-refractivity contribution is 0.905. The second-order valence-corrected chi connectivity index (χ2v) is 8.85. The minimum atomic E-state index is 0.121. The summed E-state index contributed by atoms with van der Waals surface area (Å²) in [6, 6.07) is 21.7. The lowest BCUT2D eigenvalue weighted by Crippen LogP contribution is -2.17. The molecule has 0 saturated carbocycles. The Morgan fingerprint density at radius 1 is 0.571 bits per heavy atom. The first-order valence-corrected chi connectivity index (χ1v) is 8.30. The van der Waals surface area contributed by atoms with Gasteiger partial charge in [-0.05, 0) is 50.0 Å². The van der Waals surface area contributed by atoms with Crippen LogP contribution in [0.4, 0.5) is 0 Å². The lowest BCUT2D eigenvalue weighted by atomic mass is 9.82. The van der Waals surface area contributed by atoms with Gasteiger partial charge in [-0.3, -0.25) is 0 Å². The molecule has 0 unspecified atom stereocenters. The summed E-state index contributed by atoms with van der Waals surface area (Å²) in [5.41, 5.74) is 5.65. The van der Waals surface area contributed by atoms with Crippen LogP contribution in [0.15, 0.2) is 60.7 Å². The van der Waals surface area contributed by atoms with Crippen LogP contribution in [-0.4, -0.2) is 9.49 Å². The third kappa shape index (κ3) is 2.55. The van der Waals surface area contributed by atoms with Crippen molar-refractivity contribution in [3.05, 3.63) is 71.8 Å². The van der Waals surface area contributed by atoms with Crippen molar-refractivity contribution >= 4 is 22.9 Å². The summed E-state index contributed by atoms with van der Waals surface area (Å²) in [6.45, 7) is 9.38. The average Bonchev–Trinajstić information content (AvgIpc) is 2.64. The normalized spacial score (nSPS) is 19.8. The zero-order valence-electron chi connectivity index (χ0n) is 13.2. The van der Waals surface area contributed by atoms with Crippen molar-refractivity contribution in [1.82, 2.24) is 0 Å². The standard InChI is InChI=1S/C20H22S/c1-19(2)17(15-11-7-5-8-12-15)18(20(3,4)21-19)16-13-9-6-10-14-16/h5-14H,1-4H3. The Morgan fingerprint density at radius 2 is 0.905 bits per heavy atom. The highest BCUT2D eigenvalue weighted by Gasteiger charge is 2.45. The van der Waals surface area contributed by atoms with E-state index in [0.717, 1.165) is 0 Å². The molecular formula is C20H22S. The maximum atomic E-state index is 2.34. The second-order valence-electron chi connectivity index (χ2n) is 6.60. The Hall–Kier alpha value is -1.47. The second kappa shape index (κ2) is 5.06. The molecular weight excluding hydrogens is 272 g/mol. The van der Waals surface area contributed by atoms with E-state index in [1.807, 2.05) is 0 Å². The summed E-state index contributed by atoms with van der Waals surface area (Å²) in [7, 11) is 0. The average molecular weight is 294 g/mol. The maximum Gasteiger partial charge on any atom is 0.0370 e. The van der Waals surface area contributed by atoms with Crippen molar-refractivity contribution in [2.24, 2.45) is 0 Å². The molecule has 21 heavy (non-hydrogen) atoms. The summed E-state index contributed by atoms with van der Waals surface area (Å²) >= 11 is 2.06. The molecule has 1 heterocycles. The summed E-state index contributed by atoms with van der Waals surface area (Å²) in [5.74, 6) is 0. The molecule has 0 bridgehead atoms. The van der Waals surface area contributed by atoms with Gasteiger partial charge in [0.2, 0.25) is 0 Å². The van der Waals surface area contributed by atoms with Gasteiger partial charge < -0.3 is 0 Å². The van der Waals surface area contributed by atoms with Crippen LogP contribution in [0.3, 0.4) is 0 Å². The Kier molecular flexibility index (Phi) is 3.49. The van der Waals surface area contributed by atoms with Gasteiger partial charge in [-0.1, -0.05) is 60.7 Å². The highest BCUT2D eigenvalue weighted by atomic mass is 32.2. The molecule has 0 aliphatic carbocycles. The molecule has 0 amide bonds. The molecule has 0 saturated heterocycles. The van der Waals surface area contributed by atoms with E-state index in [2.05, 4.69) is 100 Å². The van der Waals surface area contributed by atoms with E-state index in [0.29, 0.717) is 0 Å². The van der Waals surface area contributed by atoms with Crippen molar-refractivity contribution < 1.29 is 0 Å². The monoisotopic (exact) mass is 294 g/mol. The Balaban J connectivity index is 2.30. The van der Waals surface area contributed by atoms with Crippen LogP contribution < -0.4 is 0 Å². The van der Waals surface area contributed by atoms with E-state index in [-0.39, 0.29) is 9.49 Å². The fourth-order valence-electron chi connectivity index (χ4n) is 3.54. The minimum absolute atomic E-state index is 0.121. The zero-order chi connectivity index (χ0) is 15.1. The number of rotatable bonds is 2. The van der Waals surface area contributed by atoms with Gasteiger partial charge in [0, 0.05) is 9.49 Å². The van der Waals surface area contributed by atoms with Gasteiger partial charge in [0.1, 0.15) is 0 Å². The van der Waals surface area contributed by atoms with Gasteiger partial charge in [-0.2, -0.15) is 0 Å². The summed E-state index contributed by atoms with van der Waals surface area (Å²) in [4.78, 5) is 0. The first-order valence-electron chi connectivity index (χ1n) is 7.48. The molecule has 108 valence electrons. The van der Waals surface area contributed by atoms with Crippen LogP contribution in [0, 0.1) is 0 Å². The molecule has 0 N–H and O–H groups in total. The molecule has 0 radical (unpaired) electrons. The molecule has 1 aliphatic heterocycles. The Labute approximate surface area is 132 Å². The van der Waals surface area contributed by atoms with Crippen LogP contribution in [0.1, 0.15) is 38.8 Å². The Bertz CT molecular complexity index is 604. The molecule has 0 spiro atoms. The fourth-order valence-corrected chi connectivity index (χ4v) is 5.46. The number of hydrogen-bond acceptors (Lipinski definition) is 1. The van der Waals surface area contributed by atoms with E-state index in [9.17, 15) is 0 Å².